The lowest BCUT2D eigenvalue weighted by atomic mass is 10.1. The van der Waals surface area contributed by atoms with E-state index < -0.39 is 0 Å². The molecule has 0 aliphatic carbocycles. The van der Waals surface area contributed by atoms with Crippen molar-refractivity contribution < 1.29 is 4.74 Å². The maximum absolute atomic E-state index is 11.9. The summed E-state index contributed by atoms with van der Waals surface area (Å²) in [6.45, 7) is 3.82. The van der Waals surface area contributed by atoms with E-state index in [0.29, 0.717) is 0 Å². The van der Waals surface area contributed by atoms with E-state index in [4.69, 9.17) is 4.74 Å². The molecule has 0 spiro atoms. The number of allylic oxidation sites excluding steroid dienone is 1. The summed E-state index contributed by atoms with van der Waals surface area (Å²) >= 11 is 0. The monoisotopic (exact) mass is 241 g/mol. The molecule has 1 atom stereocenters. The smallest absolute Gasteiger partial charge is 0.251 e. The molecular formula is C15H15NO2. The molecule has 0 unspecified atom stereocenters. The summed E-state index contributed by atoms with van der Waals surface area (Å²) in [6, 6.07) is 12.5. The number of ether oxygens (including phenoxy) is 1. The van der Waals surface area contributed by atoms with Gasteiger partial charge in [-0.3, -0.25) is 4.79 Å². The van der Waals surface area contributed by atoms with Gasteiger partial charge in [-0.25, -0.2) is 0 Å². The predicted molar refractivity (Wildman–Crippen MR) is 72.0 cm³/mol. The summed E-state index contributed by atoms with van der Waals surface area (Å²) in [4.78, 5) is 11.9. The van der Waals surface area contributed by atoms with E-state index in [1.54, 1.807) is 30.0 Å². The second-order valence-corrected chi connectivity index (χ2v) is 3.87. The normalized spacial score (nSPS) is 11.8. The molecule has 0 saturated carbocycles. The maximum atomic E-state index is 11.9. The van der Waals surface area contributed by atoms with Crippen molar-refractivity contribution in [2.75, 3.05) is 7.11 Å². The van der Waals surface area contributed by atoms with Crippen molar-refractivity contribution in [2.45, 2.75) is 6.04 Å². The van der Waals surface area contributed by atoms with E-state index >= 15 is 0 Å². The highest BCUT2D eigenvalue weighted by molar-refractivity contribution is 5.38. The van der Waals surface area contributed by atoms with Crippen molar-refractivity contribution in [2.24, 2.45) is 0 Å². The third-order valence-electron chi connectivity index (χ3n) is 2.83. The van der Waals surface area contributed by atoms with Gasteiger partial charge >= 0.3 is 0 Å². The summed E-state index contributed by atoms with van der Waals surface area (Å²) in [6.07, 6.45) is 3.49. The number of methoxy groups -OCH3 is 1. The highest BCUT2D eigenvalue weighted by Crippen LogP contribution is 2.27. The number of hydrogen-bond acceptors (Lipinski definition) is 2. The van der Waals surface area contributed by atoms with Crippen molar-refractivity contribution in [1.29, 1.82) is 0 Å². The minimum atomic E-state index is -0.227. The lowest BCUT2D eigenvalue weighted by Gasteiger charge is -2.18. The van der Waals surface area contributed by atoms with Gasteiger partial charge in [-0.05, 0) is 12.1 Å². The van der Waals surface area contributed by atoms with Crippen molar-refractivity contribution in [3.05, 3.63) is 77.2 Å². The zero-order valence-corrected chi connectivity index (χ0v) is 10.2. The highest BCUT2D eigenvalue weighted by Gasteiger charge is 2.14. The topological polar surface area (TPSA) is 31.2 Å². The van der Waals surface area contributed by atoms with Crippen molar-refractivity contribution >= 4 is 0 Å². The van der Waals surface area contributed by atoms with E-state index in [0.717, 1.165) is 11.3 Å². The fourth-order valence-corrected chi connectivity index (χ4v) is 1.97. The summed E-state index contributed by atoms with van der Waals surface area (Å²) in [5, 5.41) is 0. The standard InChI is InChI=1S/C15H15NO2/c1-3-13(16-11-7-6-10-15(16)17)12-8-4-5-9-14(12)18-2/h3-11,13H,1H2,2H3/t13-/m0/s1. The second kappa shape index (κ2) is 5.36. The van der Waals surface area contributed by atoms with Crippen LogP contribution in [0.1, 0.15) is 11.6 Å². The molecule has 2 rings (SSSR count). The molecule has 0 aliphatic heterocycles. The lowest BCUT2D eigenvalue weighted by Crippen LogP contribution is -2.23. The Morgan fingerprint density at radius 1 is 1.22 bits per heavy atom. The molecule has 0 fully saturated rings. The molecule has 0 bridgehead atoms. The van der Waals surface area contributed by atoms with Gasteiger partial charge in [0.1, 0.15) is 5.75 Å². The number of rotatable bonds is 4. The quantitative estimate of drug-likeness (QED) is 0.770. The number of benzene rings is 1. The van der Waals surface area contributed by atoms with Crippen LogP contribution >= 0.6 is 0 Å². The van der Waals surface area contributed by atoms with Gasteiger partial charge in [0.05, 0.1) is 13.2 Å². The van der Waals surface area contributed by atoms with E-state index in [1.165, 1.54) is 6.07 Å². The summed E-state index contributed by atoms with van der Waals surface area (Å²) in [5.41, 5.74) is 0.858. The van der Waals surface area contributed by atoms with Gasteiger partial charge in [0.2, 0.25) is 0 Å². The first-order valence-electron chi connectivity index (χ1n) is 5.70. The van der Waals surface area contributed by atoms with Crippen LogP contribution in [0.25, 0.3) is 0 Å². The van der Waals surface area contributed by atoms with Crippen LogP contribution in [0.15, 0.2) is 66.1 Å². The molecule has 18 heavy (non-hydrogen) atoms. The number of para-hydroxylation sites is 1. The molecule has 1 aromatic carbocycles. The zero-order chi connectivity index (χ0) is 13.0. The van der Waals surface area contributed by atoms with Gasteiger partial charge in [0.15, 0.2) is 0 Å². The van der Waals surface area contributed by atoms with Crippen LogP contribution in [0.3, 0.4) is 0 Å². The Bertz CT molecular complexity index is 601. The Morgan fingerprint density at radius 3 is 2.61 bits per heavy atom. The Hall–Kier alpha value is -2.29. The first-order chi connectivity index (χ1) is 8.77. The summed E-state index contributed by atoms with van der Waals surface area (Å²) < 4.78 is 6.96. The SMILES string of the molecule is C=C[C@@H](c1ccccc1OC)n1ccccc1=O. The van der Waals surface area contributed by atoms with Crippen LogP contribution in [-0.2, 0) is 0 Å². The molecule has 0 radical (unpaired) electrons. The van der Waals surface area contributed by atoms with Gasteiger partial charge in [0, 0.05) is 17.8 Å². The van der Waals surface area contributed by atoms with Crippen molar-refractivity contribution in [3.63, 3.8) is 0 Å². The van der Waals surface area contributed by atoms with Crippen LogP contribution in [0.2, 0.25) is 0 Å². The molecule has 1 heterocycles. The minimum absolute atomic E-state index is 0.0618. The van der Waals surface area contributed by atoms with Crippen molar-refractivity contribution in [3.8, 4) is 5.75 Å². The average Bonchev–Trinajstić information content (AvgIpc) is 2.42. The lowest BCUT2D eigenvalue weighted by molar-refractivity contribution is 0.405. The number of nitrogens with zero attached hydrogens (tertiary/aromatic N) is 1. The molecule has 0 saturated heterocycles. The Balaban J connectivity index is 2.56. The molecule has 3 heteroatoms. The Morgan fingerprint density at radius 2 is 1.94 bits per heavy atom. The number of pyridine rings is 1. The fraction of sp³-hybridized carbons (Fsp3) is 0.133. The Kier molecular flexibility index (Phi) is 3.63. The van der Waals surface area contributed by atoms with Crippen LogP contribution in [0.5, 0.6) is 5.75 Å². The van der Waals surface area contributed by atoms with Crippen LogP contribution in [-0.4, -0.2) is 11.7 Å². The van der Waals surface area contributed by atoms with E-state index in [-0.39, 0.29) is 11.6 Å². The molecule has 0 aliphatic rings. The molecule has 3 nitrogen and oxygen atoms in total. The van der Waals surface area contributed by atoms with Gasteiger partial charge in [-0.2, -0.15) is 0 Å². The molecule has 0 N–H and O–H groups in total. The molecule has 2 aromatic rings. The highest BCUT2D eigenvalue weighted by atomic mass is 16.5. The van der Waals surface area contributed by atoms with E-state index in [1.807, 2.05) is 30.3 Å². The van der Waals surface area contributed by atoms with Gasteiger partial charge in [-0.15, -0.1) is 6.58 Å². The molecule has 1 aromatic heterocycles. The molecular weight excluding hydrogens is 226 g/mol. The van der Waals surface area contributed by atoms with Gasteiger partial charge in [0.25, 0.3) is 5.56 Å². The third-order valence-corrected chi connectivity index (χ3v) is 2.83. The zero-order valence-electron chi connectivity index (χ0n) is 10.2. The van der Waals surface area contributed by atoms with Gasteiger partial charge < -0.3 is 9.30 Å². The van der Waals surface area contributed by atoms with Crippen LogP contribution < -0.4 is 10.3 Å². The molecule has 0 amide bonds. The maximum Gasteiger partial charge on any atom is 0.251 e. The first-order valence-corrected chi connectivity index (χ1v) is 5.70. The predicted octanol–water partition coefficient (Wildman–Crippen LogP) is 2.63. The fourth-order valence-electron chi connectivity index (χ4n) is 1.97. The van der Waals surface area contributed by atoms with Gasteiger partial charge in [-0.1, -0.05) is 30.3 Å². The average molecular weight is 241 g/mol. The number of aromatic nitrogens is 1. The first kappa shape index (κ1) is 12.2. The Labute approximate surface area is 106 Å². The van der Waals surface area contributed by atoms with E-state index in [9.17, 15) is 4.79 Å². The van der Waals surface area contributed by atoms with Crippen molar-refractivity contribution in [1.82, 2.24) is 4.57 Å². The van der Waals surface area contributed by atoms with Crippen LogP contribution in [0, 0.1) is 0 Å². The summed E-state index contributed by atoms with van der Waals surface area (Å²) in [5.74, 6) is 0.748. The largest absolute Gasteiger partial charge is 0.496 e. The third kappa shape index (κ3) is 2.20. The number of hydrogen-bond donors (Lipinski definition) is 0. The second-order valence-electron chi connectivity index (χ2n) is 3.87. The molecule has 92 valence electrons. The minimum Gasteiger partial charge on any atom is -0.496 e. The van der Waals surface area contributed by atoms with E-state index in [2.05, 4.69) is 6.58 Å². The summed E-state index contributed by atoms with van der Waals surface area (Å²) in [7, 11) is 1.62. The van der Waals surface area contributed by atoms with Crippen LogP contribution in [0.4, 0.5) is 0 Å².